The van der Waals surface area contributed by atoms with E-state index in [9.17, 15) is 9.59 Å². The third-order valence-electron chi connectivity index (χ3n) is 2.64. The van der Waals surface area contributed by atoms with Gasteiger partial charge < -0.3 is 11.5 Å². The van der Waals surface area contributed by atoms with E-state index in [2.05, 4.69) is 4.99 Å². The molecule has 100 valence electrons. The molecule has 0 atom stereocenters. The molecule has 0 unspecified atom stereocenters. The van der Waals surface area contributed by atoms with Crippen molar-refractivity contribution >= 4 is 17.6 Å². The number of ketones is 1. The molecule has 5 nitrogen and oxygen atoms in total. The quantitative estimate of drug-likeness (QED) is 0.498. The molecule has 0 spiro atoms. The van der Waals surface area contributed by atoms with Crippen LogP contribution in [0.25, 0.3) is 0 Å². The zero-order chi connectivity index (χ0) is 14.5. The molecule has 0 radical (unpaired) electrons. The second kappa shape index (κ2) is 5.79. The Hall–Kier alpha value is -2.95. The summed E-state index contributed by atoms with van der Waals surface area (Å²) >= 11 is 0. The topological polar surface area (TPSA) is 98.5 Å². The van der Waals surface area contributed by atoms with E-state index in [4.69, 9.17) is 11.5 Å². The number of hydrogen-bond donors (Lipinski definition) is 2. The fourth-order valence-electron chi connectivity index (χ4n) is 1.73. The minimum atomic E-state index is -0.576. The first-order valence-electron chi connectivity index (χ1n) is 5.91. The second-order valence-electron chi connectivity index (χ2n) is 4.12. The Morgan fingerprint density at radius 3 is 2.05 bits per heavy atom. The number of hydrogen-bond acceptors (Lipinski definition) is 2. The highest BCUT2D eigenvalue weighted by Crippen LogP contribution is 2.12. The average molecular weight is 267 g/mol. The fraction of sp³-hybridized carbons (Fsp3) is 0. The van der Waals surface area contributed by atoms with Gasteiger partial charge in [-0.2, -0.15) is 4.99 Å². The molecule has 0 aliphatic carbocycles. The van der Waals surface area contributed by atoms with Crippen molar-refractivity contribution in [1.29, 1.82) is 0 Å². The average Bonchev–Trinajstić information content (AvgIpc) is 2.47. The summed E-state index contributed by atoms with van der Waals surface area (Å²) in [6.45, 7) is 0. The van der Waals surface area contributed by atoms with E-state index in [1.807, 2.05) is 6.07 Å². The fourth-order valence-corrected chi connectivity index (χ4v) is 1.73. The Labute approximate surface area is 115 Å². The maximum Gasteiger partial charge on any atom is 0.280 e. The van der Waals surface area contributed by atoms with Crippen LogP contribution in [-0.2, 0) is 0 Å². The van der Waals surface area contributed by atoms with Gasteiger partial charge in [0.05, 0.1) is 0 Å². The Balaban J connectivity index is 2.33. The highest BCUT2D eigenvalue weighted by Gasteiger charge is 2.11. The van der Waals surface area contributed by atoms with Gasteiger partial charge in [-0.3, -0.25) is 9.59 Å². The molecule has 0 aromatic heterocycles. The molecule has 5 heteroatoms. The largest absolute Gasteiger partial charge is 0.370 e. The molecule has 0 fully saturated rings. The van der Waals surface area contributed by atoms with Crippen LogP contribution in [0, 0.1) is 0 Å². The van der Waals surface area contributed by atoms with Gasteiger partial charge >= 0.3 is 0 Å². The number of aliphatic imine (C=N–C) groups is 1. The summed E-state index contributed by atoms with van der Waals surface area (Å²) in [4.78, 5) is 27.4. The van der Waals surface area contributed by atoms with E-state index in [-0.39, 0.29) is 17.3 Å². The van der Waals surface area contributed by atoms with Crippen molar-refractivity contribution < 1.29 is 9.59 Å². The summed E-state index contributed by atoms with van der Waals surface area (Å²) in [5.74, 6) is -1.05. The second-order valence-corrected chi connectivity index (χ2v) is 4.12. The van der Waals surface area contributed by atoms with E-state index in [0.717, 1.165) is 0 Å². The Morgan fingerprint density at radius 2 is 1.40 bits per heavy atom. The molecule has 0 saturated heterocycles. The zero-order valence-electron chi connectivity index (χ0n) is 10.6. The molecular weight excluding hydrogens is 254 g/mol. The van der Waals surface area contributed by atoms with Crippen molar-refractivity contribution in [3.63, 3.8) is 0 Å². The molecule has 0 aliphatic rings. The van der Waals surface area contributed by atoms with Crippen LogP contribution in [0.4, 0.5) is 0 Å². The molecule has 4 N–H and O–H groups in total. The number of nitrogens with zero attached hydrogens (tertiary/aromatic N) is 1. The SMILES string of the molecule is NC(N)=NC(=O)c1cccc(C(=O)c2ccccc2)c1. The van der Waals surface area contributed by atoms with Gasteiger partial charge in [-0.05, 0) is 12.1 Å². The molecule has 0 bridgehead atoms. The number of benzene rings is 2. The predicted octanol–water partition coefficient (Wildman–Crippen LogP) is 1.33. The summed E-state index contributed by atoms with van der Waals surface area (Å²) in [6, 6.07) is 15.1. The first kappa shape index (κ1) is 13.5. The van der Waals surface area contributed by atoms with Crippen LogP contribution in [0.1, 0.15) is 26.3 Å². The summed E-state index contributed by atoms with van der Waals surface area (Å²) in [6.07, 6.45) is 0. The minimum Gasteiger partial charge on any atom is -0.370 e. The van der Waals surface area contributed by atoms with E-state index >= 15 is 0 Å². The Kier molecular flexibility index (Phi) is 3.91. The maximum atomic E-state index is 12.2. The maximum absolute atomic E-state index is 12.2. The van der Waals surface area contributed by atoms with E-state index in [0.29, 0.717) is 11.1 Å². The number of guanidine groups is 1. The normalized spacial score (nSPS) is 9.80. The van der Waals surface area contributed by atoms with Gasteiger partial charge in [-0.25, -0.2) is 0 Å². The number of carbonyl (C=O) groups is 2. The third kappa shape index (κ3) is 3.08. The van der Waals surface area contributed by atoms with E-state index < -0.39 is 5.91 Å². The van der Waals surface area contributed by atoms with Gasteiger partial charge in [0.25, 0.3) is 5.91 Å². The molecule has 1 amide bonds. The van der Waals surface area contributed by atoms with Gasteiger partial charge in [0.2, 0.25) is 0 Å². The lowest BCUT2D eigenvalue weighted by atomic mass is 10.0. The first-order valence-corrected chi connectivity index (χ1v) is 5.91. The molecule has 0 heterocycles. The standard InChI is InChI=1S/C15H13N3O2/c16-15(17)18-14(20)12-8-4-7-11(9-12)13(19)10-5-2-1-3-6-10/h1-9H,(H4,16,17,18,20). The van der Waals surface area contributed by atoms with Gasteiger partial charge in [-0.15, -0.1) is 0 Å². The zero-order valence-corrected chi connectivity index (χ0v) is 10.6. The van der Waals surface area contributed by atoms with E-state index in [1.165, 1.54) is 6.07 Å². The Bertz CT molecular complexity index is 675. The molecule has 2 rings (SSSR count). The monoisotopic (exact) mass is 267 g/mol. The van der Waals surface area contributed by atoms with Crippen LogP contribution in [0.2, 0.25) is 0 Å². The van der Waals surface area contributed by atoms with E-state index in [1.54, 1.807) is 42.5 Å². The smallest absolute Gasteiger partial charge is 0.280 e. The molecule has 20 heavy (non-hydrogen) atoms. The predicted molar refractivity (Wildman–Crippen MR) is 76.5 cm³/mol. The first-order chi connectivity index (χ1) is 9.58. The highest BCUT2D eigenvalue weighted by molar-refractivity contribution is 6.10. The summed E-state index contributed by atoms with van der Waals surface area (Å²) in [5, 5.41) is 0. The van der Waals surface area contributed by atoms with Crippen molar-refractivity contribution in [2.75, 3.05) is 0 Å². The lowest BCUT2D eigenvalue weighted by molar-refractivity contribution is 0.100. The van der Waals surface area contributed by atoms with Crippen LogP contribution in [0.5, 0.6) is 0 Å². The van der Waals surface area contributed by atoms with Gasteiger partial charge in [0.1, 0.15) is 0 Å². The molecule has 2 aromatic rings. The van der Waals surface area contributed by atoms with Crippen LogP contribution >= 0.6 is 0 Å². The lowest BCUT2D eigenvalue weighted by Crippen LogP contribution is -2.24. The number of nitrogens with two attached hydrogens (primary N) is 2. The summed E-state index contributed by atoms with van der Waals surface area (Å²) in [7, 11) is 0. The lowest BCUT2D eigenvalue weighted by Gasteiger charge is -2.03. The van der Waals surface area contributed by atoms with Crippen molar-refractivity contribution in [3.05, 3.63) is 71.3 Å². The Morgan fingerprint density at radius 1 is 0.800 bits per heavy atom. The van der Waals surface area contributed by atoms with Crippen molar-refractivity contribution in [1.82, 2.24) is 0 Å². The third-order valence-corrected chi connectivity index (χ3v) is 2.64. The van der Waals surface area contributed by atoms with Crippen LogP contribution in [0.15, 0.2) is 59.6 Å². The summed E-state index contributed by atoms with van der Waals surface area (Å²) < 4.78 is 0. The van der Waals surface area contributed by atoms with Crippen molar-refractivity contribution in [2.45, 2.75) is 0 Å². The van der Waals surface area contributed by atoms with Gasteiger partial charge in [0, 0.05) is 16.7 Å². The number of rotatable bonds is 3. The molecule has 2 aromatic carbocycles. The minimum absolute atomic E-state index is 0.162. The molecule has 0 saturated carbocycles. The molecule has 0 aliphatic heterocycles. The number of amides is 1. The number of carbonyl (C=O) groups excluding carboxylic acids is 2. The highest BCUT2D eigenvalue weighted by atomic mass is 16.1. The van der Waals surface area contributed by atoms with Crippen LogP contribution < -0.4 is 11.5 Å². The van der Waals surface area contributed by atoms with Gasteiger partial charge in [0.15, 0.2) is 11.7 Å². The van der Waals surface area contributed by atoms with Crippen LogP contribution in [0.3, 0.4) is 0 Å². The van der Waals surface area contributed by atoms with Gasteiger partial charge in [-0.1, -0.05) is 42.5 Å². The molecular formula is C15H13N3O2. The van der Waals surface area contributed by atoms with Crippen LogP contribution in [-0.4, -0.2) is 17.6 Å². The van der Waals surface area contributed by atoms with Crippen molar-refractivity contribution in [2.24, 2.45) is 16.5 Å². The summed E-state index contributed by atoms with van der Waals surface area (Å²) in [5.41, 5.74) is 11.5. The van der Waals surface area contributed by atoms with Crippen molar-refractivity contribution in [3.8, 4) is 0 Å².